The Balaban J connectivity index is 1.08. The van der Waals surface area contributed by atoms with Crippen molar-refractivity contribution in [3.8, 4) is 44.5 Å². The van der Waals surface area contributed by atoms with Crippen LogP contribution in [-0.2, 0) is 0 Å². The largest absolute Gasteiger partial charge is 0.455 e. The van der Waals surface area contributed by atoms with E-state index in [1.165, 1.54) is 4.90 Å². The van der Waals surface area contributed by atoms with Gasteiger partial charge in [0.05, 0.1) is 16.7 Å². The molecule has 2 nitrogen and oxygen atoms in total. The zero-order chi connectivity index (χ0) is 47.9. The normalized spacial score (nSPS) is 13.4. The number of benzene rings is 11. The van der Waals surface area contributed by atoms with Crippen LogP contribution in [0, 0.1) is 0 Å². The molecule has 12 aromatic rings. The smallest absolute Gasteiger partial charge is 0.143 e. The summed E-state index contributed by atoms with van der Waals surface area (Å²) in [6.45, 7) is 0. The lowest BCUT2D eigenvalue weighted by atomic mass is 9.94. The number of rotatable bonds is 7. The number of para-hydroxylation sites is 2. The molecule has 62 heavy (non-hydrogen) atoms. The Bertz CT molecular complexity index is 4060. The molecule has 2 heteroatoms. The molecule has 11 aromatic carbocycles. The standard InChI is InChI=1S/C60H39NO/c1-2-13-46-39-47(28-25-40(46)11-1)43-31-35-49(36-32-43)61(48-33-29-42(30-34-48)41-23-26-45(27-24-41)51-18-9-14-44-12-3-4-15-50(44)51)58-21-7-5-16-54(58)52-19-10-20-56-53(52)37-38-57-55-17-6-8-22-59(55)62-60(56)57/h1-39H/i29D,30D,31D,32D,33D,34D,35D,36D. The third-order valence-corrected chi connectivity index (χ3v) is 11.8. The van der Waals surface area contributed by atoms with Gasteiger partial charge in [0.15, 0.2) is 0 Å². The van der Waals surface area contributed by atoms with Crippen molar-refractivity contribution in [1.29, 1.82) is 0 Å². The van der Waals surface area contributed by atoms with Crippen molar-refractivity contribution in [3.05, 3.63) is 236 Å². The minimum absolute atomic E-state index is 0.0894. The average molecular weight is 798 g/mol. The monoisotopic (exact) mass is 797 g/mol. The van der Waals surface area contributed by atoms with Gasteiger partial charge in [-0.25, -0.2) is 0 Å². The summed E-state index contributed by atoms with van der Waals surface area (Å²) in [5, 5.41) is 7.63. The highest BCUT2D eigenvalue weighted by Crippen LogP contribution is 2.45. The van der Waals surface area contributed by atoms with Crippen molar-refractivity contribution in [1.82, 2.24) is 0 Å². The molecule has 1 heterocycles. The molecular weight excluding hydrogens is 751 g/mol. The number of fused-ring (bicyclic) bond motifs is 7. The van der Waals surface area contributed by atoms with Gasteiger partial charge < -0.3 is 9.32 Å². The summed E-state index contributed by atoms with van der Waals surface area (Å²) in [4.78, 5) is 1.40. The van der Waals surface area contributed by atoms with Crippen molar-refractivity contribution >= 4 is 71.3 Å². The SMILES string of the molecule is [2H]c1c([2H])c(N(c2ccccc2-c2cccc3c2ccc2c4ccccc4oc32)c2c([2H])c([2H])c(-c3ccc4ccccc4c3)c([2H])c2[2H])c([2H])c([2H])c1-c1ccc(-c2cccc3ccccc23)cc1. The molecule has 290 valence electrons. The number of hydrogen-bond donors (Lipinski definition) is 0. The molecule has 0 amide bonds. The van der Waals surface area contributed by atoms with Crippen molar-refractivity contribution in [2.24, 2.45) is 0 Å². The van der Waals surface area contributed by atoms with Crippen LogP contribution in [0.4, 0.5) is 17.1 Å². The van der Waals surface area contributed by atoms with Gasteiger partial charge in [-0.15, -0.1) is 0 Å². The molecule has 0 spiro atoms. The van der Waals surface area contributed by atoms with E-state index < -0.39 is 24.2 Å². The predicted molar refractivity (Wildman–Crippen MR) is 263 cm³/mol. The molecule has 0 fully saturated rings. The van der Waals surface area contributed by atoms with Crippen molar-refractivity contribution in [2.75, 3.05) is 4.90 Å². The van der Waals surface area contributed by atoms with E-state index in [2.05, 4.69) is 18.2 Å². The molecule has 0 radical (unpaired) electrons. The van der Waals surface area contributed by atoms with Gasteiger partial charge in [0.25, 0.3) is 0 Å². The lowest BCUT2D eigenvalue weighted by Gasteiger charge is -2.28. The van der Waals surface area contributed by atoms with Gasteiger partial charge in [0.1, 0.15) is 11.2 Å². The van der Waals surface area contributed by atoms with Gasteiger partial charge in [-0.3, -0.25) is 0 Å². The van der Waals surface area contributed by atoms with Crippen LogP contribution in [0.1, 0.15) is 11.0 Å². The first kappa shape index (κ1) is 28.3. The first-order chi connectivity index (χ1) is 34.1. The molecule has 0 aliphatic rings. The Morgan fingerprint density at radius 3 is 1.66 bits per heavy atom. The number of nitrogens with zero attached hydrogens (tertiary/aromatic N) is 1. The van der Waals surface area contributed by atoms with E-state index in [-0.39, 0.29) is 46.7 Å². The van der Waals surface area contributed by atoms with Crippen LogP contribution in [0.25, 0.3) is 98.8 Å². The quantitative estimate of drug-likeness (QED) is 0.160. The fraction of sp³-hybridized carbons (Fsp3) is 0. The highest BCUT2D eigenvalue weighted by atomic mass is 16.3. The molecule has 1 aromatic heterocycles. The van der Waals surface area contributed by atoms with Gasteiger partial charge in [0.2, 0.25) is 0 Å². The number of anilines is 3. The van der Waals surface area contributed by atoms with E-state index in [0.717, 1.165) is 65.4 Å². The summed E-state index contributed by atoms with van der Waals surface area (Å²) in [6.07, 6.45) is 0. The van der Waals surface area contributed by atoms with Crippen LogP contribution in [0.15, 0.2) is 241 Å². The van der Waals surface area contributed by atoms with Crippen molar-refractivity contribution in [3.63, 3.8) is 0 Å². The molecule has 0 saturated heterocycles. The highest BCUT2D eigenvalue weighted by Gasteiger charge is 2.20. The minimum Gasteiger partial charge on any atom is -0.455 e. The summed E-state index contributed by atoms with van der Waals surface area (Å²) in [7, 11) is 0. The van der Waals surface area contributed by atoms with Gasteiger partial charge in [0, 0.05) is 33.1 Å². The average Bonchev–Trinajstić information content (AvgIpc) is 3.79. The fourth-order valence-electron chi connectivity index (χ4n) is 8.79. The highest BCUT2D eigenvalue weighted by molar-refractivity contribution is 6.18. The van der Waals surface area contributed by atoms with Crippen LogP contribution in [0.2, 0.25) is 0 Å². The predicted octanol–water partition coefficient (Wildman–Crippen LogP) is 17.2. The minimum atomic E-state index is -0.415. The maximum atomic E-state index is 9.81. The van der Waals surface area contributed by atoms with Gasteiger partial charge in [-0.1, -0.05) is 188 Å². The van der Waals surface area contributed by atoms with Crippen LogP contribution >= 0.6 is 0 Å². The second kappa shape index (κ2) is 14.8. The van der Waals surface area contributed by atoms with Crippen molar-refractivity contribution in [2.45, 2.75) is 0 Å². The zero-order valence-corrected chi connectivity index (χ0v) is 33.3. The van der Waals surface area contributed by atoms with Gasteiger partial charge in [-0.2, -0.15) is 0 Å². The molecule has 0 saturated carbocycles. The summed E-state index contributed by atoms with van der Waals surface area (Å²) >= 11 is 0. The Hall–Kier alpha value is -8.20. The number of hydrogen-bond acceptors (Lipinski definition) is 2. The molecule has 0 aliphatic heterocycles. The van der Waals surface area contributed by atoms with Crippen LogP contribution < -0.4 is 4.90 Å². The first-order valence-electron chi connectivity index (χ1n) is 24.6. The van der Waals surface area contributed by atoms with Gasteiger partial charge >= 0.3 is 0 Å². The van der Waals surface area contributed by atoms with E-state index in [1.54, 1.807) is 18.2 Å². The van der Waals surface area contributed by atoms with Crippen LogP contribution in [0.3, 0.4) is 0 Å². The van der Waals surface area contributed by atoms with E-state index >= 15 is 0 Å². The van der Waals surface area contributed by atoms with E-state index in [1.807, 2.05) is 152 Å². The molecule has 0 unspecified atom stereocenters. The summed E-state index contributed by atoms with van der Waals surface area (Å²) in [5.41, 5.74) is 5.79. The van der Waals surface area contributed by atoms with Crippen LogP contribution in [0.5, 0.6) is 0 Å². The molecule has 0 N–H and O–H groups in total. The first-order valence-corrected chi connectivity index (χ1v) is 20.6. The third-order valence-electron chi connectivity index (χ3n) is 11.8. The topological polar surface area (TPSA) is 16.4 Å². The summed E-state index contributed by atoms with van der Waals surface area (Å²) < 4.78 is 83.9. The Kier molecular flexibility index (Phi) is 6.76. The fourth-order valence-corrected chi connectivity index (χ4v) is 8.79. The summed E-state index contributed by atoms with van der Waals surface area (Å²) in [6, 6.07) is 57.1. The lowest BCUT2D eigenvalue weighted by molar-refractivity contribution is 0.672. The Morgan fingerprint density at radius 2 is 0.855 bits per heavy atom. The maximum absolute atomic E-state index is 9.81. The molecule has 0 aliphatic carbocycles. The van der Waals surface area contributed by atoms with E-state index in [0.29, 0.717) is 28.0 Å². The molecular formula is C60H39NO. The molecule has 0 bridgehead atoms. The van der Waals surface area contributed by atoms with Gasteiger partial charge in [-0.05, 0) is 114 Å². The Morgan fingerprint density at radius 1 is 0.323 bits per heavy atom. The molecule has 0 atom stereocenters. The third kappa shape index (κ3) is 6.12. The Labute approximate surface area is 371 Å². The lowest BCUT2D eigenvalue weighted by Crippen LogP contribution is -2.11. The number of furan rings is 1. The second-order valence-corrected chi connectivity index (χ2v) is 15.4. The molecule has 12 rings (SSSR count). The zero-order valence-electron chi connectivity index (χ0n) is 41.3. The van der Waals surface area contributed by atoms with Crippen LogP contribution in [-0.4, -0.2) is 0 Å². The van der Waals surface area contributed by atoms with E-state index in [9.17, 15) is 11.0 Å². The van der Waals surface area contributed by atoms with E-state index in [4.69, 9.17) is 4.42 Å². The second-order valence-electron chi connectivity index (χ2n) is 15.4. The maximum Gasteiger partial charge on any atom is 0.143 e. The summed E-state index contributed by atoms with van der Waals surface area (Å²) in [5.74, 6) is 0. The van der Waals surface area contributed by atoms with Crippen molar-refractivity contribution < 1.29 is 15.4 Å².